The fourth-order valence-corrected chi connectivity index (χ4v) is 3.31. The summed E-state index contributed by atoms with van der Waals surface area (Å²) >= 11 is 0. The Morgan fingerprint density at radius 1 is 1.00 bits per heavy atom. The summed E-state index contributed by atoms with van der Waals surface area (Å²) in [6, 6.07) is 11.4. The van der Waals surface area contributed by atoms with Crippen LogP contribution in [-0.4, -0.2) is 16.0 Å². The summed E-state index contributed by atoms with van der Waals surface area (Å²) in [4.78, 5) is 9.45. The number of rotatable bonds is 3. The summed E-state index contributed by atoms with van der Waals surface area (Å²) in [5.41, 5.74) is 3.68. The zero-order chi connectivity index (χ0) is 14.1. The van der Waals surface area contributed by atoms with Crippen molar-refractivity contribution in [2.24, 2.45) is 0 Å². The number of fused-ring (bicyclic) bond motifs is 1. The van der Waals surface area contributed by atoms with Crippen LogP contribution in [0.25, 0.3) is 11.4 Å². The molecule has 21 heavy (non-hydrogen) atoms. The first kappa shape index (κ1) is 13.0. The number of benzene rings is 1. The highest BCUT2D eigenvalue weighted by molar-refractivity contribution is 5.55. The van der Waals surface area contributed by atoms with Gasteiger partial charge in [0, 0.05) is 35.1 Å². The zero-order valence-electron chi connectivity index (χ0n) is 12.3. The average molecular weight is 279 g/mol. The molecule has 1 heterocycles. The maximum absolute atomic E-state index is 4.83. The van der Waals surface area contributed by atoms with E-state index in [0.717, 1.165) is 23.9 Å². The molecule has 3 nitrogen and oxygen atoms in total. The van der Waals surface area contributed by atoms with E-state index in [1.54, 1.807) is 0 Å². The molecule has 0 unspecified atom stereocenters. The first-order valence-corrected chi connectivity index (χ1v) is 8.07. The van der Waals surface area contributed by atoms with Crippen molar-refractivity contribution in [2.75, 3.05) is 0 Å². The lowest BCUT2D eigenvalue weighted by Gasteiger charge is -2.34. The monoisotopic (exact) mass is 279 g/mol. The largest absolute Gasteiger partial charge is 0.307 e. The van der Waals surface area contributed by atoms with Crippen molar-refractivity contribution in [1.82, 2.24) is 15.3 Å². The molecule has 1 atom stereocenters. The van der Waals surface area contributed by atoms with E-state index in [-0.39, 0.29) is 0 Å². The predicted octanol–water partition coefficient (Wildman–Crippen LogP) is 3.66. The van der Waals surface area contributed by atoms with Crippen LogP contribution < -0.4 is 5.32 Å². The third kappa shape index (κ3) is 2.58. The first-order valence-electron chi connectivity index (χ1n) is 8.07. The molecule has 0 aliphatic heterocycles. The van der Waals surface area contributed by atoms with Crippen LogP contribution in [0.3, 0.4) is 0 Å². The number of hydrogen-bond acceptors (Lipinski definition) is 3. The van der Waals surface area contributed by atoms with Crippen LogP contribution in [0, 0.1) is 0 Å². The van der Waals surface area contributed by atoms with Crippen molar-refractivity contribution >= 4 is 0 Å². The number of nitrogens with one attached hydrogen (secondary N) is 1. The lowest BCUT2D eigenvalue weighted by molar-refractivity contribution is 0.289. The van der Waals surface area contributed by atoms with Crippen molar-refractivity contribution in [2.45, 2.75) is 50.6 Å². The minimum Gasteiger partial charge on any atom is -0.307 e. The topological polar surface area (TPSA) is 37.8 Å². The quantitative estimate of drug-likeness (QED) is 0.931. The number of hydrogen-bond donors (Lipinski definition) is 1. The van der Waals surface area contributed by atoms with Crippen LogP contribution in [0.4, 0.5) is 0 Å². The second kappa shape index (κ2) is 5.57. The van der Waals surface area contributed by atoms with Gasteiger partial charge in [-0.25, -0.2) is 9.97 Å². The SMILES string of the molecule is c1ccc(-c2ncc3c(n2)CCC[C@@H]3NC2CCC2)cc1. The molecule has 1 aromatic heterocycles. The molecule has 108 valence electrons. The smallest absolute Gasteiger partial charge is 0.159 e. The Labute approximate surface area is 125 Å². The minimum absolute atomic E-state index is 0.462. The lowest BCUT2D eigenvalue weighted by atomic mass is 9.87. The predicted molar refractivity (Wildman–Crippen MR) is 83.9 cm³/mol. The Balaban J connectivity index is 1.62. The van der Waals surface area contributed by atoms with Crippen molar-refractivity contribution in [3.05, 3.63) is 47.8 Å². The van der Waals surface area contributed by atoms with E-state index in [4.69, 9.17) is 4.98 Å². The fourth-order valence-electron chi connectivity index (χ4n) is 3.31. The van der Waals surface area contributed by atoms with Crippen LogP contribution in [0.2, 0.25) is 0 Å². The van der Waals surface area contributed by atoms with E-state index in [0.29, 0.717) is 6.04 Å². The van der Waals surface area contributed by atoms with Crippen molar-refractivity contribution in [1.29, 1.82) is 0 Å². The van der Waals surface area contributed by atoms with Gasteiger partial charge in [0.1, 0.15) is 0 Å². The molecular weight excluding hydrogens is 258 g/mol. The highest BCUT2D eigenvalue weighted by Crippen LogP contribution is 2.32. The zero-order valence-corrected chi connectivity index (χ0v) is 12.3. The number of aryl methyl sites for hydroxylation is 1. The third-order valence-electron chi connectivity index (χ3n) is 4.76. The molecule has 0 radical (unpaired) electrons. The van der Waals surface area contributed by atoms with Gasteiger partial charge in [-0.1, -0.05) is 36.8 Å². The second-order valence-electron chi connectivity index (χ2n) is 6.20. The Hall–Kier alpha value is -1.74. The van der Waals surface area contributed by atoms with Crippen LogP contribution in [0.15, 0.2) is 36.5 Å². The summed E-state index contributed by atoms with van der Waals surface area (Å²) in [7, 11) is 0. The van der Waals surface area contributed by atoms with E-state index in [2.05, 4.69) is 28.6 Å². The van der Waals surface area contributed by atoms with Gasteiger partial charge in [-0.05, 0) is 32.1 Å². The van der Waals surface area contributed by atoms with Crippen molar-refractivity contribution < 1.29 is 0 Å². The van der Waals surface area contributed by atoms with Gasteiger partial charge in [0.05, 0.1) is 0 Å². The molecule has 0 bridgehead atoms. The van der Waals surface area contributed by atoms with E-state index in [9.17, 15) is 0 Å². The van der Waals surface area contributed by atoms with Crippen molar-refractivity contribution in [3.8, 4) is 11.4 Å². The normalized spacial score (nSPS) is 21.6. The Morgan fingerprint density at radius 2 is 1.86 bits per heavy atom. The minimum atomic E-state index is 0.462. The fraction of sp³-hybridized carbons (Fsp3) is 0.444. The number of aromatic nitrogens is 2. The highest BCUT2D eigenvalue weighted by atomic mass is 15.0. The standard InChI is InChI=1S/C18H21N3/c1-2-6-13(7-3-1)18-19-12-15-16(20-14-8-4-9-14)10-5-11-17(15)21-18/h1-3,6-7,12,14,16,20H,4-5,8-11H2/t16-/m0/s1. The molecule has 0 saturated heterocycles. The third-order valence-corrected chi connectivity index (χ3v) is 4.76. The molecule has 3 heteroatoms. The van der Waals surface area contributed by atoms with E-state index >= 15 is 0 Å². The van der Waals surface area contributed by atoms with Gasteiger partial charge in [-0.15, -0.1) is 0 Å². The van der Waals surface area contributed by atoms with E-state index in [1.807, 2.05) is 18.2 Å². The van der Waals surface area contributed by atoms with Gasteiger partial charge >= 0.3 is 0 Å². The number of nitrogens with zero attached hydrogens (tertiary/aromatic N) is 2. The molecule has 1 saturated carbocycles. The molecule has 2 aliphatic carbocycles. The Bertz CT molecular complexity index is 620. The van der Waals surface area contributed by atoms with Gasteiger partial charge in [0.25, 0.3) is 0 Å². The molecule has 1 N–H and O–H groups in total. The van der Waals surface area contributed by atoms with Gasteiger partial charge in [-0.2, -0.15) is 0 Å². The van der Waals surface area contributed by atoms with E-state index < -0.39 is 0 Å². The molecule has 1 aromatic carbocycles. The Morgan fingerprint density at radius 3 is 2.62 bits per heavy atom. The molecule has 4 rings (SSSR count). The van der Waals surface area contributed by atoms with Crippen LogP contribution >= 0.6 is 0 Å². The van der Waals surface area contributed by atoms with Gasteiger partial charge in [0.2, 0.25) is 0 Å². The lowest BCUT2D eigenvalue weighted by Crippen LogP contribution is -2.39. The molecular formula is C18H21N3. The maximum Gasteiger partial charge on any atom is 0.159 e. The maximum atomic E-state index is 4.83. The van der Waals surface area contributed by atoms with Gasteiger partial charge in [0.15, 0.2) is 5.82 Å². The summed E-state index contributed by atoms with van der Waals surface area (Å²) in [5, 5.41) is 3.79. The summed E-state index contributed by atoms with van der Waals surface area (Å²) in [6.45, 7) is 0. The van der Waals surface area contributed by atoms with Gasteiger partial charge < -0.3 is 5.32 Å². The molecule has 0 amide bonds. The second-order valence-corrected chi connectivity index (χ2v) is 6.20. The average Bonchev–Trinajstić information content (AvgIpc) is 2.51. The first-order chi connectivity index (χ1) is 10.4. The molecule has 2 aromatic rings. The van der Waals surface area contributed by atoms with Crippen LogP contribution in [-0.2, 0) is 6.42 Å². The molecule has 1 fully saturated rings. The van der Waals surface area contributed by atoms with E-state index in [1.165, 1.54) is 43.4 Å². The van der Waals surface area contributed by atoms with Crippen LogP contribution in [0.5, 0.6) is 0 Å². The summed E-state index contributed by atoms with van der Waals surface area (Å²) in [5.74, 6) is 0.860. The Kier molecular flexibility index (Phi) is 3.44. The van der Waals surface area contributed by atoms with Gasteiger partial charge in [-0.3, -0.25) is 0 Å². The molecule has 2 aliphatic rings. The van der Waals surface area contributed by atoms with Crippen molar-refractivity contribution in [3.63, 3.8) is 0 Å². The summed E-state index contributed by atoms with van der Waals surface area (Å²) in [6.07, 6.45) is 9.62. The highest BCUT2D eigenvalue weighted by Gasteiger charge is 2.26. The summed E-state index contributed by atoms with van der Waals surface area (Å²) < 4.78 is 0. The molecule has 0 spiro atoms. The van der Waals surface area contributed by atoms with Crippen LogP contribution in [0.1, 0.15) is 49.4 Å².